The van der Waals surface area contributed by atoms with Crippen LogP contribution < -0.4 is 10.2 Å². The zero-order valence-corrected chi connectivity index (χ0v) is 18.8. The van der Waals surface area contributed by atoms with E-state index in [2.05, 4.69) is 24.1 Å². The highest BCUT2D eigenvalue weighted by atomic mass is 16.4. The molecule has 6 nitrogen and oxygen atoms in total. The molecule has 0 aliphatic carbocycles. The number of carbonyl (C=O) groups is 2. The lowest BCUT2D eigenvalue weighted by Gasteiger charge is -2.36. The number of carbonyl (C=O) groups excluding carboxylic acids is 1. The van der Waals surface area contributed by atoms with Gasteiger partial charge in [-0.15, -0.1) is 0 Å². The molecule has 32 heavy (non-hydrogen) atoms. The van der Waals surface area contributed by atoms with Gasteiger partial charge in [-0.3, -0.25) is 4.79 Å². The Kier molecular flexibility index (Phi) is 6.12. The maximum atomic E-state index is 12.5. The number of anilines is 2. The van der Waals surface area contributed by atoms with E-state index >= 15 is 0 Å². The van der Waals surface area contributed by atoms with Gasteiger partial charge in [0.1, 0.15) is 5.82 Å². The number of fused-ring (bicyclic) bond motifs is 1. The number of benzene rings is 2. The van der Waals surface area contributed by atoms with Crippen molar-refractivity contribution in [1.29, 1.82) is 0 Å². The molecule has 4 rings (SSSR count). The molecule has 1 aromatic heterocycles. The lowest BCUT2D eigenvalue weighted by Crippen LogP contribution is -2.39. The molecule has 1 saturated heterocycles. The zero-order valence-electron chi connectivity index (χ0n) is 18.8. The number of aromatic nitrogens is 1. The lowest BCUT2D eigenvalue weighted by molar-refractivity contribution is -0.115. The fourth-order valence-electron chi connectivity index (χ4n) is 4.58. The van der Waals surface area contributed by atoms with Crippen LogP contribution in [0.1, 0.15) is 41.8 Å². The van der Waals surface area contributed by atoms with Crippen LogP contribution in [0.25, 0.3) is 10.9 Å². The second kappa shape index (κ2) is 8.99. The number of aryl methyl sites for hydroxylation is 1. The van der Waals surface area contributed by atoms with Crippen LogP contribution in [0.3, 0.4) is 0 Å². The molecule has 0 bridgehead atoms. The highest BCUT2D eigenvalue weighted by Crippen LogP contribution is 2.30. The van der Waals surface area contributed by atoms with Crippen LogP contribution in [-0.2, 0) is 11.2 Å². The van der Waals surface area contributed by atoms with Gasteiger partial charge in [-0.2, -0.15) is 0 Å². The molecule has 1 amide bonds. The monoisotopic (exact) mass is 431 g/mol. The third-order valence-corrected chi connectivity index (χ3v) is 5.99. The standard InChI is InChI=1S/C26H29N3O3/c1-16-4-6-19(7-5-16)11-25(30)27-20-8-9-23-21(12-20)22(26(31)32)13-24(28-23)29-14-17(2)10-18(3)15-29/h4-9,12-13,17-18H,10-11,14-15H2,1-3H3,(H,27,30)(H,31,32)/t17-,18+. The highest BCUT2D eigenvalue weighted by molar-refractivity contribution is 6.05. The minimum absolute atomic E-state index is 0.147. The van der Waals surface area contributed by atoms with Gasteiger partial charge >= 0.3 is 5.97 Å². The van der Waals surface area contributed by atoms with Crippen molar-refractivity contribution in [1.82, 2.24) is 4.98 Å². The number of amides is 1. The number of carboxylic acids is 1. The van der Waals surface area contributed by atoms with E-state index in [9.17, 15) is 14.7 Å². The number of pyridine rings is 1. The number of carboxylic acid groups (broad SMARTS) is 1. The molecular weight excluding hydrogens is 402 g/mol. The van der Waals surface area contributed by atoms with E-state index in [0.29, 0.717) is 34.2 Å². The average Bonchev–Trinajstić information content (AvgIpc) is 2.73. The molecule has 2 atom stereocenters. The highest BCUT2D eigenvalue weighted by Gasteiger charge is 2.24. The Morgan fingerprint density at radius 3 is 2.41 bits per heavy atom. The molecule has 0 unspecified atom stereocenters. The first kappa shape index (κ1) is 21.8. The number of aromatic carboxylic acids is 1. The summed E-state index contributed by atoms with van der Waals surface area (Å²) in [7, 11) is 0. The number of nitrogens with zero attached hydrogens (tertiary/aromatic N) is 2. The predicted octanol–water partition coefficient (Wildman–Crippen LogP) is 4.90. The quantitative estimate of drug-likeness (QED) is 0.600. The Morgan fingerprint density at radius 2 is 1.75 bits per heavy atom. The average molecular weight is 432 g/mol. The molecule has 166 valence electrons. The van der Waals surface area contributed by atoms with Crippen molar-refractivity contribution in [3.8, 4) is 0 Å². The minimum atomic E-state index is -1.00. The fourth-order valence-corrected chi connectivity index (χ4v) is 4.58. The molecule has 2 N–H and O–H groups in total. The van der Waals surface area contributed by atoms with Gasteiger partial charge in [-0.1, -0.05) is 43.7 Å². The van der Waals surface area contributed by atoms with Crippen molar-refractivity contribution in [2.24, 2.45) is 11.8 Å². The summed E-state index contributed by atoms with van der Waals surface area (Å²) in [4.78, 5) is 31.5. The molecule has 6 heteroatoms. The van der Waals surface area contributed by atoms with Crippen LogP contribution in [-0.4, -0.2) is 35.1 Å². The first-order valence-electron chi connectivity index (χ1n) is 11.1. The van der Waals surface area contributed by atoms with Crippen molar-refractivity contribution in [2.75, 3.05) is 23.3 Å². The zero-order chi connectivity index (χ0) is 22.8. The van der Waals surface area contributed by atoms with Gasteiger partial charge in [0.2, 0.25) is 5.91 Å². The van der Waals surface area contributed by atoms with E-state index in [0.717, 1.165) is 24.2 Å². The molecule has 1 aliphatic rings. The second-order valence-electron chi connectivity index (χ2n) is 9.13. The molecule has 2 heterocycles. The van der Waals surface area contributed by atoms with E-state index in [4.69, 9.17) is 4.98 Å². The molecule has 3 aromatic rings. The van der Waals surface area contributed by atoms with Gasteiger partial charge in [0.15, 0.2) is 0 Å². The summed E-state index contributed by atoms with van der Waals surface area (Å²) in [5, 5.41) is 13.3. The second-order valence-corrected chi connectivity index (χ2v) is 9.13. The van der Waals surface area contributed by atoms with Crippen LogP contribution in [0.4, 0.5) is 11.5 Å². The number of piperidine rings is 1. The number of hydrogen-bond donors (Lipinski definition) is 2. The Morgan fingerprint density at radius 1 is 1.06 bits per heavy atom. The lowest BCUT2D eigenvalue weighted by atomic mass is 9.92. The maximum absolute atomic E-state index is 12.5. The van der Waals surface area contributed by atoms with Crippen LogP contribution in [0.2, 0.25) is 0 Å². The van der Waals surface area contributed by atoms with Crippen LogP contribution in [0.5, 0.6) is 0 Å². The minimum Gasteiger partial charge on any atom is -0.478 e. The predicted molar refractivity (Wildman–Crippen MR) is 127 cm³/mol. The number of hydrogen-bond acceptors (Lipinski definition) is 4. The van der Waals surface area contributed by atoms with E-state index in [-0.39, 0.29) is 17.9 Å². The smallest absolute Gasteiger partial charge is 0.336 e. The van der Waals surface area contributed by atoms with Gasteiger partial charge < -0.3 is 15.3 Å². The molecular formula is C26H29N3O3. The summed E-state index contributed by atoms with van der Waals surface area (Å²) < 4.78 is 0. The van der Waals surface area contributed by atoms with Crippen molar-refractivity contribution < 1.29 is 14.7 Å². The maximum Gasteiger partial charge on any atom is 0.336 e. The molecule has 2 aromatic carbocycles. The first-order valence-corrected chi connectivity index (χ1v) is 11.1. The molecule has 1 fully saturated rings. The Labute approximate surface area is 188 Å². The number of rotatable bonds is 5. The van der Waals surface area contributed by atoms with Crippen LogP contribution in [0.15, 0.2) is 48.5 Å². The van der Waals surface area contributed by atoms with E-state index < -0.39 is 5.97 Å². The van der Waals surface area contributed by atoms with Gasteiger partial charge in [0.05, 0.1) is 17.5 Å². The third-order valence-electron chi connectivity index (χ3n) is 5.99. The van der Waals surface area contributed by atoms with Gasteiger partial charge in [0, 0.05) is 24.2 Å². The SMILES string of the molecule is Cc1ccc(CC(=O)Nc2ccc3nc(N4C[C@H](C)C[C@H](C)C4)cc(C(=O)O)c3c2)cc1. The van der Waals surface area contributed by atoms with Crippen molar-refractivity contribution >= 4 is 34.3 Å². The van der Waals surface area contributed by atoms with E-state index in [1.807, 2.05) is 31.2 Å². The van der Waals surface area contributed by atoms with E-state index in [1.54, 1.807) is 24.3 Å². The summed E-state index contributed by atoms with van der Waals surface area (Å²) >= 11 is 0. The molecule has 0 spiro atoms. The largest absolute Gasteiger partial charge is 0.478 e. The molecule has 0 saturated carbocycles. The summed E-state index contributed by atoms with van der Waals surface area (Å²) in [5.41, 5.74) is 3.45. The summed E-state index contributed by atoms with van der Waals surface area (Å²) in [5.74, 6) is 0.626. The van der Waals surface area contributed by atoms with Gasteiger partial charge in [-0.05, 0) is 55.0 Å². The fraction of sp³-hybridized carbons (Fsp3) is 0.346. The van der Waals surface area contributed by atoms with Gasteiger partial charge in [-0.25, -0.2) is 9.78 Å². The third kappa shape index (κ3) is 4.90. The number of nitrogens with one attached hydrogen (secondary N) is 1. The summed E-state index contributed by atoms with van der Waals surface area (Å²) in [6, 6.07) is 14.7. The summed E-state index contributed by atoms with van der Waals surface area (Å²) in [6.07, 6.45) is 1.42. The van der Waals surface area contributed by atoms with Crippen LogP contribution in [0, 0.1) is 18.8 Å². The summed E-state index contributed by atoms with van der Waals surface area (Å²) in [6.45, 7) is 8.18. The van der Waals surface area contributed by atoms with Crippen LogP contribution >= 0.6 is 0 Å². The Hall–Kier alpha value is -3.41. The van der Waals surface area contributed by atoms with Gasteiger partial charge in [0.25, 0.3) is 0 Å². The van der Waals surface area contributed by atoms with Crippen molar-refractivity contribution in [3.63, 3.8) is 0 Å². The molecule has 1 aliphatic heterocycles. The van der Waals surface area contributed by atoms with Crippen molar-refractivity contribution in [3.05, 3.63) is 65.2 Å². The Bertz CT molecular complexity index is 1150. The van der Waals surface area contributed by atoms with E-state index in [1.165, 1.54) is 6.42 Å². The molecule has 0 radical (unpaired) electrons. The van der Waals surface area contributed by atoms with Crippen molar-refractivity contribution in [2.45, 2.75) is 33.6 Å². The Balaban J connectivity index is 1.60. The normalized spacial score (nSPS) is 18.5. The first-order chi connectivity index (χ1) is 15.3. The topological polar surface area (TPSA) is 82.5 Å².